The van der Waals surface area contributed by atoms with Gasteiger partial charge in [-0.05, 0) is 17.5 Å². The van der Waals surface area contributed by atoms with Gasteiger partial charge in [-0.25, -0.2) is 4.79 Å². The summed E-state index contributed by atoms with van der Waals surface area (Å²) in [5, 5.41) is 18.5. The quantitative estimate of drug-likeness (QED) is 0.191. The summed E-state index contributed by atoms with van der Waals surface area (Å²) in [7, 11) is 1.53. The molecule has 8 nitrogen and oxygen atoms in total. The van der Waals surface area contributed by atoms with E-state index in [1.54, 1.807) is 17.0 Å². The molecule has 0 aliphatic heterocycles. The van der Waals surface area contributed by atoms with Crippen molar-refractivity contribution in [1.82, 2.24) is 19.4 Å². The summed E-state index contributed by atoms with van der Waals surface area (Å²) in [5.74, 6) is -0.741. The first kappa shape index (κ1) is 26.1. The lowest BCUT2D eigenvalue weighted by Gasteiger charge is -2.10. The van der Waals surface area contributed by atoms with Gasteiger partial charge in [-0.15, -0.1) is 16.4 Å². The van der Waals surface area contributed by atoms with Gasteiger partial charge >= 0.3 is 5.97 Å². The largest absolute Gasteiger partial charge is 0.493 e. The maximum absolute atomic E-state index is 13.2. The number of allylic oxidation sites excluding steroid dienone is 2. The van der Waals surface area contributed by atoms with Gasteiger partial charge in [-0.3, -0.25) is 13.9 Å². The Morgan fingerprint density at radius 2 is 2.08 bits per heavy atom. The number of rotatable bonds is 12. The maximum atomic E-state index is 13.2. The molecule has 37 heavy (non-hydrogen) atoms. The van der Waals surface area contributed by atoms with Crippen LogP contribution in [0.1, 0.15) is 59.8 Å². The van der Waals surface area contributed by atoms with Crippen molar-refractivity contribution in [3.63, 3.8) is 0 Å². The van der Waals surface area contributed by atoms with Gasteiger partial charge in [0.05, 0.1) is 18.2 Å². The Morgan fingerprint density at radius 1 is 1.24 bits per heavy atom. The first-order valence-corrected chi connectivity index (χ1v) is 13.1. The predicted octanol–water partition coefficient (Wildman–Crippen LogP) is 5.70. The Balaban J connectivity index is 1.76. The zero-order valence-corrected chi connectivity index (χ0v) is 21.8. The van der Waals surface area contributed by atoms with Gasteiger partial charge in [-0.1, -0.05) is 80.5 Å². The fourth-order valence-electron chi connectivity index (χ4n) is 4.30. The second kappa shape index (κ2) is 11.8. The number of aromatic carboxylic acids is 1. The van der Waals surface area contributed by atoms with E-state index in [4.69, 9.17) is 4.74 Å². The molecular formula is C28H30N4O4S. The molecule has 0 amide bonds. The van der Waals surface area contributed by atoms with Gasteiger partial charge in [0.15, 0.2) is 11.4 Å². The van der Waals surface area contributed by atoms with Crippen LogP contribution in [0.25, 0.3) is 21.5 Å². The van der Waals surface area contributed by atoms with Crippen molar-refractivity contribution >= 4 is 28.2 Å². The highest BCUT2D eigenvalue weighted by Crippen LogP contribution is 2.37. The third-order valence-electron chi connectivity index (χ3n) is 6.03. The molecule has 4 rings (SSSR count). The lowest BCUT2D eigenvalue weighted by Crippen LogP contribution is -2.19. The van der Waals surface area contributed by atoms with E-state index in [1.165, 1.54) is 28.9 Å². The van der Waals surface area contributed by atoms with Crippen molar-refractivity contribution in [2.75, 3.05) is 7.11 Å². The zero-order valence-electron chi connectivity index (χ0n) is 21.0. The molecule has 4 aromatic rings. The van der Waals surface area contributed by atoms with Crippen LogP contribution < -0.4 is 10.3 Å². The minimum atomic E-state index is -1.21. The average molecular weight is 519 g/mol. The van der Waals surface area contributed by atoms with E-state index in [2.05, 4.69) is 23.8 Å². The molecule has 1 aromatic carbocycles. The monoisotopic (exact) mass is 518 g/mol. The standard InChI is InChI=1S/C28H30N4O4S/c1-4-6-8-9-14-31-18-22(29-30-31)26-24(28(34)35)32-23(33)17-21(25(36-3)27(32)37-26)16-20-13-10-12-19(15-20)11-7-5-2/h5,7,10-13,15,17-18H,2,4,6,8-9,14,16H2,1,3H3,(H,34,35)/b11-7-. The number of fused-ring (bicyclic) bond motifs is 1. The Kier molecular flexibility index (Phi) is 8.35. The highest BCUT2D eigenvalue weighted by molar-refractivity contribution is 7.21. The average Bonchev–Trinajstić information content (AvgIpc) is 3.51. The fraction of sp³-hybridized carbons (Fsp3) is 0.286. The van der Waals surface area contributed by atoms with E-state index in [-0.39, 0.29) is 5.69 Å². The first-order chi connectivity index (χ1) is 18.0. The molecule has 0 saturated carbocycles. The fourth-order valence-corrected chi connectivity index (χ4v) is 5.55. The number of benzene rings is 1. The van der Waals surface area contributed by atoms with Crippen molar-refractivity contribution in [3.8, 4) is 16.3 Å². The van der Waals surface area contributed by atoms with Crippen molar-refractivity contribution in [1.29, 1.82) is 0 Å². The van der Waals surface area contributed by atoms with E-state index in [1.807, 2.05) is 36.4 Å². The molecular weight excluding hydrogens is 488 g/mol. The molecule has 0 atom stereocenters. The van der Waals surface area contributed by atoms with Crippen LogP contribution in [0.5, 0.6) is 5.75 Å². The number of pyridine rings is 1. The predicted molar refractivity (Wildman–Crippen MR) is 147 cm³/mol. The Labute approximate surface area is 219 Å². The number of carbonyl (C=O) groups is 1. The molecule has 0 aliphatic carbocycles. The van der Waals surface area contributed by atoms with Crippen molar-refractivity contribution in [3.05, 3.63) is 88.0 Å². The normalized spacial score (nSPS) is 11.4. The number of hydrogen-bond acceptors (Lipinski definition) is 6. The number of nitrogens with zero attached hydrogens (tertiary/aromatic N) is 4. The SMILES string of the molecule is C=C/C=C\c1cccc(Cc2cc(=O)n3c(C(=O)O)c(-c4cn(CCCCCC)nn4)sc3c2OC)c1. The summed E-state index contributed by atoms with van der Waals surface area (Å²) in [6.07, 6.45) is 12.1. The molecule has 3 aromatic heterocycles. The topological polar surface area (TPSA) is 98.7 Å². The third-order valence-corrected chi connectivity index (χ3v) is 7.20. The third kappa shape index (κ3) is 5.72. The van der Waals surface area contributed by atoms with Crippen LogP contribution in [0.3, 0.4) is 0 Å². The van der Waals surface area contributed by atoms with E-state index in [9.17, 15) is 14.7 Å². The highest BCUT2D eigenvalue weighted by atomic mass is 32.1. The summed E-state index contributed by atoms with van der Waals surface area (Å²) in [5.41, 5.74) is 2.55. The summed E-state index contributed by atoms with van der Waals surface area (Å²) in [6, 6.07) is 9.40. The summed E-state index contributed by atoms with van der Waals surface area (Å²) in [6.45, 7) is 6.56. The number of methoxy groups -OCH3 is 1. The molecule has 0 bridgehead atoms. The Hall–Kier alpha value is -3.98. The zero-order chi connectivity index (χ0) is 26.4. The second-order valence-electron chi connectivity index (χ2n) is 8.71. The van der Waals surface area contributed by atoms with E-state index >= 15 is 0 Å². The molecule has 0 unspecified atom stereocenters. The smallest absolute Gasteiger partial charge is 0.354 e. The molecule has 192 valence electrons. The highest BCUT2D eigenvalue weighted by Gasteiger charge is 2.26. The minimum absolute atomic E-state index is 0.135. The number of thiazole rings is 1. The molecule has 0 aliphatic rings. The van der Waals surface area contributed by atoms with Crippen LogP contribution in [0.15, 0.2) is 60.1 Å². The van der Waals surface area contributed by atoms with E-state index < -0.39 is 11.5 Å². The van der Waals surface area contributed by atoms with Gasteiger partial charge in [0, 0.05) is 24.6 Å². The first-order valence-electron chi connectivity index (χ1n) is 12.2. The van der Waals surface area contributed by atoms with Gasteiger partial charge in [0.1, 0.15) is 10.5 Å². The van der Waals surface area contributed by atoms with Gasteiger partial charge < -0.3 is 9.84 Å². The van der Waals surface area contributed by atoms with Crippen LogP contribution in [0.4, 0.5) is 0 Å². The number of aryl methyl sites for hydroxylation is 1. The van der Waals surface area contributed by atoms with Crippen LogP contribution >= 0.6 is 11.3 Å². The number of carboxylic acid groups (broad SMARTS) is 1. The van der Waals surface area contributed by atoms with Gasteiger partial charge in [-0.2, -0.15) is 0 Å². The lowest BCUT2D eigenvalue weighted by molar-refractivity contribution is 0.0690. The van der Waals surface area contributed by atoms with Crippen molar-refractivity contribution in [2.45, 2.75) is 45.6 Å². The minimum Gasteiger partial charge on any atom is -0.493 e. The van der Waals surface area contributed by atoms with Crippen LogP contribution in [-0.2, 0) is 13.0 Å². The maximum Gasteiger partial charge on any atom is 0.354 e. The summed E-state index contributed by atoms with van der Waals surface area (Å²) >= 11 is 1.17. The summed E-state index contributed by atoms with van der Waals surface area (Å²) < 4.78 is 8.66. The van der Waals surface area contributed by atoms with E-state index in [0.717, 1.165) is 36.8 Å². The molecule has 1 N–H and O–H groups in total. The molecule has 0 spiro atoms. The summed E-state index contributed by atoms with van der Waals surface area (Å²) in [4.78, 5) is 26.3. The molecule has 0 radical (unpaired) electrons. The van der Waals surface area contributed by atoms with Crippen LogP contribution in [0.2, 0.25) is 0 Å². The second-order valence-corrected chi connectivity index (χ2v) is 9.71. The molecule has 9 heteroatoms. The van der Waals surface area contributed by atoms with Crippen LogP contribution in [-0.4, -0.2) is 37.6 Å². The number of carboxylic acids is 1. The number of ether oxygens (including phenoxy) is 1. The van der Waals surface area contributed by atoms with Crippen molar-refractivity contribution in [2.24, 2.45) is 0 Å². The van der Waals surface area contributed by atoms with Gasteiger partial charge in [0.2, 0.25) is 0 Å². The number of aromatic nitrogens is 4. The Bertz CT molecular complexity index is 1510. The van der Waals surface area contributed by atoms with E-state index in [0.29, 0.717) is 39.7 Å². The molecule has 0 saturated heterocycles. The Morgan fingerprint density at radius 3 is 2.81 bits per heavy atom. The van der Waals surface area contributed by atoms with Crippen molar-refractivity contribution < 1.29 is 14.6 Å². The number of hydrogen-bond donors (Lipinski definition) is 1. The van der Waals surface area contributed by atoms with Crippen LogP contribution in [0, 0.1) is 0 Å². The molecule has 3 heterocycles. The van der Waals surface area contributed by atoms with Gasteiger partial charge in [0.25, 0.3) is 5.56 Å². The number of unbranched alkanes of at least 4 members (excludes halogenated alkanes) is 3. The molecule has 0 fully saturated rings. The lowest BCUT2D eigenvalue weighted by atomic mass is 10.0.